The highest BCUT2D eigenvalue weighted by Crippen LogP contribution is 2.17. The number of carbonyl (C=O) groups excluding carboxylic acids is 1. The predicted octanol–water partition coefficient (Wildman–Crippen LogP) is 2.83. The first kappa shape index (κ1) is 14.8. The van der Waals surface area contributed by atoms with Gasteiger partial charge in [0.05, 0.1) is 5.56 Å². The van der Waals surface area contributed by atoms with Gasteiger partial charge in [-0.25, -0.2) is 4.39 Å². The Balaban J connectivity index is 2.18. The molecule has 1 amide bonds. The van der Waals surface area contributed by atoms with Gasteiger partial charge in [0.1, 0.15) is 5.82 Å². The van der Waals surface area contributed by atoms with Gasteiger partial charge in [-0.15, -0.1) is 0 Å². The first-order chi connectivity index (χ1) is 10.0. The number of hydrogen-bond acceptors (Lipinski definition) is 3. The topological polar surface area (TPSA) is 87.7 Å². The summed E-state index contributed by atoms with van der Waals surface area (Å²) in [6.45, 7) is 0. The van der Waals surface area contributed by atoms with Gasteiger partial charge in [0.2, 0.25) is 0 Å². The average molecular weight is 308 g/mol. The van der Waals surface area contributed by atoms with Gasteiger partial charge in [0.15, 0.2) is 5.84 Å². The lowest BCUT2D eigenvalue weighted by Gasteiger charge is -2.07. The zero-order chi connectivity index (χ0) is 15.4. The van der Waals surface area contributed by atoms with Gasteiger partial charge in [-0.3, -0.25) is 4.79 Å². The van der Waals surface area contributed by atoms with E-state index in [1.165, 1.54) is 12.1 Å². The van der Waals surface area contributed by atoms with Crippen LogP contribution in [0.5, 0.6) is 0 Å². The van der Waals surface area contributed by atoms with Crippen molar-refractivity contribution in [3.63, 3.8) is 0 Å². The molecule has 0 atom stereocenters. The van der Waals surface area contributed by atoms with Crippen LogP contribution in [0.3, 0.4) is 0 Å². The molecule has 7 heteroatoms. The zero-order valence-corrected chi connectivity index (χ0v) is 11.4. The number of anilines is 1. The second-order valence-electron chi connectivity index (χ2n) is 4.14. The lowest BCUT2D eigenvalue weighted by molar-refractivity contribution is 0.102. The Morgan fingerprint density at radius 1 is 1.24 bits per heavy atom. The predicted molar refractivity (Wildman–Crippen MR) is 78.3 cm³/mol. The van der Waals surface area contributed by atoms with Crippen molar-refractivity contribution in [3.05, 3.63) is 64.4 Å². The molecule has 0 bridgehead atoms. The van der Waals surface area contributed by atoms with Crippen LogP contribution in [-0.2, 0) is 0 Å². The highest BCUT2D eigenvalue weighted by Gasteiger charge is 2.12. The number of amidine groups is 1. The van der Waals surface area contributed by atoms with Gasteiger partial charge >= 0.3 is 0 Å². The van der Waals surface area contributed by atoms with Crippen molar-refractivity contribution in [1.29, 1.82) is 0 Å². The molecule has 0 saturated heterocycles. The Labute approximate surface area is 124 Å². The summed E-state index contributed by atoms with van der Waals surface area (Å²) < 4.78 is 13.6. The largest absolute Gasteiger partial charge is 0.409 e. The first-order valence-electron chi connectivity index (χ1n) is 5.85. The second kappa shape index (κ2) is 6.23. The van der Waals surface area contributed by atoms with Crippen LogP contribution in [-0.4, -0.2) is 17.0 Å². The van der Waals surface area contributed by atoms with Crippen molar-refractivity contribution in [2.24, 2.45) is 10.9 Å². The molecule has 0 aliphatic rings. The molecule has 5 nitrogen and oxygen atoms in total. The quantitative estimate of drug-likeness (QED) is 0.352. The number of nitrogens with two attached hydrogens (primary N) is 1. The summed E-state index contributed by atoms with van der Waals surface area (Å²) in [6.07, 6.45) is 0. The van der Waals surface area contributed by atoms with Crippen molar-refractivity contribution in [3.8, 4) is 0 Å². The van der Waals surface area contributed by atoms with E-state index in [1.54, 1.807) is 24.3 Å². The summed E-state index contributed by atoms with van der Waals surface area (Å²) in [6, 6.07) is 9.94. The maximum atomic E-state index is 13.6. The Bertz CT molecular complexity index is 702. The Morgan fingerprint density at radius 2 is 1.90 bits per heavy atom. The van der Waals surface area contributed by atoms with E-state index in [9.17, 15) is 9.18 Å². The van der Waals surface area contributed by atoms with Crippen LogP contribution in [0.2, 0.25) is 5.02 Å². The third kappa shape index (κ3) is 3.49. The van der Waals surface area contributed by atoms with Gasteiger partial charge in [0.25, 0.3) is 5.91 Å². The number of halogens is 2. The Kier molecular flexibility index (Phi) is 4.39. The lowest BCUT2D eigenvalue weighted by Crippen LogP contribution is -2.15. The second-order valence-corrected chi connectivity index (χ2v) is 4.58. The molecule has 0 aliphatic carbocycles. The van der Waals surface area contributed by atoms with E-state index in [-0.39, 0.29) is 16.4 Å². The van der Waals surface area contributed by atoms with E-state index in [2.05, 4.69) is 10.5 Å². The Morgan fingerprint density at radius 3 is 2.52 bits per heavy atom. The Hall–Kier alpha value is -2.60. The molecule has 0 aromatic heterocycles. The molecule has 4 N–H and O–H groups in total. The van der Waals surface area contributed by atoms with Gasteiger partial charge in [0, 0.05) is 16.3 Å². The molecule has 0 unspecified atom stereocenters. The number of hydrogen-bond donors (Lipinski definition) is 3. The standard InChI is InChI=1S/C14H11ClFN3O2/c15-9-3-6-12(16)11(7-9)14(20)18-10-4-1-8(2-5-10)13(17)19-21/h1-7,21H,(H2,17,19)(H,18,20). The smallest absolute Gasteiger partial charge is 0.258 e. The number of benzene rings is 2. The van der Waals surface area contributed by atoms with Crippen LogP contribution in [0.25, 0.3) is 0 Å². The van der Waals surface area contributed by atoms with E-state index in [4.69, 9.17) is 22.5 Å². The molecule has 0 radical (unpaired) electrons. The molecule has 0 heterocycles. The highest BCUT2D eigenvalue weighted by atomic mass is 35.5. The summed E-state index contributed by atoms with van der Waals surface area (Å²) in [5, 5.41) is 14.2. The lowest BCUT2D eigenvalue weighted by atomic mass is 10.1. The SMILES string of the molecule is N/C(=N/O)c1ccc(NC(=O)c2cc(Cl)ccc2F)cc1. The van der Waals surface area contributed by atoms with Gasteiger partial charge in [-0.05, 0) is 42.5 Å². The number of rotatable bonds is 3. The van der Waals surface area contributed by atoms with Gasteiger partial charge in [-0.2, -0.15) is 0 Å². The third-order valence-corrected chi connectivity index (χ3v) is 2.95. The van der Waals surface area contributed by atoms with Crippen molar-refractivity contribution < 1.29 is 14.4 Å². The fourth-order valence-corrected chi connectivity index (χ4v) is 1.82. The number of carbonyl (C=O) groups is 1. The van der Waals surface area contributed by atoms with E-state index in [0.29, 0.717) is 11.3 Å². The van der Waals surface area contributed by atoms with Crippen molar-refractivity contribution in [1.82, 2.24) is 0 Å². The van der Waals surface area contributed by atoms with E-state index >= 15 is 0 Å². The summed E-state index contributed by atoms with van der Waals surface area (Å²) in [5.74, 6) is -1.33. The molecular formula is C14H11ClFN3O2. The van der Waals surface area contributed by atoms with E-state index < -0.39 is 11.7 Å². The van der Waals surface area contributed by atoms with Crippen LogP contribution in [0.1, 0.15) is 15.9 Å². The fourth-order valence-electron chi connectivity index (χ4n) is 1.65. The molecule has 108 valence electrons. The fraction of sp³-hybridized carbons (Fsp3) is 0. The van der Waals surface area contributed by atoms with Crippen molar-refractivity contribution >= 4 is 29.0 Å². The van der Waals surface area contributed by atoms with Crippen molar-refractivity contribution in [2.75, 3.05) is 5.32 Å². The number of amides is 1. The minimum atomic E-state index is -0.662. The number of nitrogens with one attached hydrogen (secondary N) is 1. The average Bonchev–Trinajstić information content (AvgIpc) is 2.49. The summed E-state index contributed by atoms with van der Waals surface area (Å²) in [7, 11) is 0. The van der Waals surface area contributed by atoms with Crippen LogP contribution >= 0.6 is 11.6 Å². The number of nitrogens with zero attached hydrogens (tertiary/aromatic N) is 1. The van der Waals surface area contributed by atoms with Crippen LogP contribution in [0, 0.1) is 5.82 Å². The van der Waals surface area contributed by atoms with E-state index in [1.807, 2.05) is 0 Å². The molecule has 21 heavy (non-hydrogen) atoms. The third-order valence-electron chi connectivity index (χ3n) is 2.72. The minimum absolute atomic E-state index is 0.0474. The normalized spacial score (nSPS) is 11.2. The summed E-state index contributed by atoms with van der Waals surface area (Å²) in [4.78, 5) is 12.0. The van der Waals surface area contributed by atoms with E-state index in [0.717, 1.165) is 6.07 Å². The monoisotopic (exact) mass is 307 g/mol. The first-order valence-corrected chi connectivity index (χ1v) is 6.23. The summed E-state index contributed by atoms with van der Waals surface area (Å²) >= 11 is 5.74. The molecule has 2 aromatic carbocycles. The summed E-state index contributed by atoms with van der Waals surface area (Å²) in [5.41, 5.74) is 6.20. The molecule has 0 fully saturated rings. The molecule has 0 aliphatic heterocycles. The van der Waals surface area contributed by atoms with Gasteiger partial charge in [-0.1, -0.05) is 16.8 Å². The van der Waals surface area contributed by atoms with Crippen LogP contribution in [0.15, 0.2) is 47.6 Å². The number of oxime groups is 1. The van der Waals surface area contributed by atoms with Gasteiger partial charge < -0.3 is 16.3 Å². The molecule has 0 saturated carbocycles. The maximum absolute atomic E-state index is 13.6. The highest BCUT2D eigenvalue weighted by molar-refractivity contribution is 6.31. The molecule has 2 aromatic rings. The molecule has 0 spiro atoms. The zero-order valence-electron chi connectivity index (χ0n) is 10.7. The molecule has 2 rings (SSSR count). The van der Waals surface area contributed by atoms with Crippen molar-refractivity contribution in [2.45, 2.75) is 0 Å². The van der Waals surface area contributed by atoms with Crippen LogP contribution in [0.4, 0.5) is 10.1 Å². The minimum Gasteiger partial charge on any atom is -0.409 e. The van der Waals surface area contributed by atoms with Crippen LogP contribution < -0.4 is 11.1 Å². The molecular weight excluding hydrogens is 297 g/mol. The maximum Gasteiger partial charge on any atom is 0.258 e.